The lowest BCUT2D eigenvalue weighted by Gasteiger charge is -2.05. The van der Waals surface area contributed by atoms with E-state index in [2.05, 4.69) is 0 Å². The molecular formula is C14H17NO5. The number of nitro benzene ring substituents is 1. The number of hydrogen-bond donors (Lipinski definition) is 1. The molecule has 0 fully saturated rings. The van der Waals surface area contributed by atoms with Gasteiger partial charge in [0.05, 0.1) is 11.3 Å². The summed E-state index contributed by atoms with van der Waals surface area (Å²) in [6.45, 7) is 1.96. The van der Waals surface area contributed by atoms with Gasteiger partial charge in [0.1, 0.15) is 5.78 Å². The molecule has 0 spiro atoms. The molecule has 0 aliphatic heterocycles. The Labute approximate surface area is 116 Å². The summed E-state index contributed by atoms with van der Waals surface area (Å²) in [6, 6.07) is 4.11. The highest BCUT2D eigenvalue weighted by molar-refractivity contribution is 5.82. The monoisotopic (exact) mass is 279 g/mol. The van der Waals surface area contributed by atoms with Gasteiger partial charge in [-0.15, -0.1) is 0 Å². The fourth-order valence-corrected chi connectivity index (χ4v) is 1.92. The Morgan fingerprint density at radius 1 is 1.30 bits per heavy atom. The van der Waals surface area contributed by atoms with Crippen LogP contribution in [0.2, 0.25) is 0 Å². The second-order valence-corrected chi connectivity index (χ2v) is 4.61. The fraction of sp³-hybridized carbons (Fsp3) is 0.429. The molecule has 20 heavy (non-hydrogen) atoms. The molecule has 0 aliphatic carbocycles. The number of unbranched alkanes of at least 4 members (excludes halogenated alkanes) is 1. The molecule has 1 rings (SSSR count). The molecule has 6 nitrogen and oxygen atoms in total. The third-order valence-electron chi connectivity index (χ3n) is 2.89. The third kappa shape index (κ3) is 4.79. The summed E-state index contributed by atoms with van der Waals surface area (Å²) in [6.07, 6.45) is 1.78. The summed E-state index contributed by atoms with van der Waals surface area (Å²) < 4.78 is 0. The van der Waals surface area contributed by atoms with Crippen molar-refractivity contribution in [3.8, 4) is 0 Å². The highest BCUT2D eigenvalue weighted by Crippen LogP contribution is 2.22. The molecule has 0 aromatic heterocycles. The van der Waals surface area contributed by atoms with Crippen LogP contribution in [-0.2, 0) is 22.4 Å². The molecule has 0 amide bonds. The first-order chi connectivity index (χ1) is 9.43. The quantitative estimate of drug-likeness (QED) is 0.582. The SMILES string of the molecule is CCCCC(=O)Cc1cc(CC(=O)O)ccc1[N+](=O)[O-]. The molecule has 1 N–H and O–H groups in total. The molecule has 0 atom stereocenters. The van der Waals surface area contributed by atoms with Gasteiger partial charge < -0.3 is 5.11 Å². The van der Waals surface area contributed by atoms with E-state index in [9.17, 15) is 19.7 Å². The van der Waals surface area contributed by atoms with Gasteiger partial charge in [-0.2, -0.15) is 0 Å². The number of hydrogen-bond acceptors (Lipinski definition) is 4. The molecule has 0 unspecified atom stereocenters. The van der Waals surface area contributed by atoms with Crippen molar-refractivity contribution < 1.29 is 19.6 Å². The van der Waals surface area contributed by atoms with Crippen LogP contribution < -0.4 is 0 Å². The number of carboxylic acid groups (broad SMARTS) is 1. The highest BCUT2D eigenvalue weighted by atomic mass is 16.6. The van der Waals surface area contributed by atoms with Crippen LogP contribution in [0.25, 0.3) is 0 Å². The predicted molar refractivity (Wildman–Crippen MR) is 72.7 cm³/mol. The first-order valence-electron chi connectivity index (χ1n) is 6.43. The van der Waals surface area contributed by atoms with Crippen molar-refractivity contribution in [2.24, 2.45) is 0 Å². The number of rotatable bonds is 8. The van der Waals surface area contributed by atoms with Crippen LogP contribution in [0.3, 0.4) is 0 Å². The van der Waals surface area contributed by atoms with Crippen LogP contribution in [0.5, 0.6) is 0 Å². The maximum atomic E-state index is 11.7. The molecule has 0 bridgehead atoms. The maximum Gasteiger partial charge on any atom is 0.307 e. The normalized spacial score (nSPS) is 10.2. The van der Waals surface area contributed by atoms with Crippen LogP contribution in [-0.4, -0.2) is 21.8 Å². The van der Waals surface area contributed by atoms with Crippen LogP contribution in [0.1, 0.15) is 37.3 Å². The molecule has 1 aromatic carbocycles. The van der Waals surface area contributed by atoms with E-state index in [-0.39, 0.29) is 29.9 Å². The van der Waals surface area contributed by atoms with Crippen LogP contribution in [0.4, 0.5) is 5.69 Å². The minimum atomic E-state index is -1.01. The molecule has 0 heterocycles. The molecular weight excluding hydrogens is 262 g/mol. The molecule has 0 aliphatic rings. The van der Waals surface area contributed by atoms with Gasteiger partial charge in [-0.25, -0.2) is 0 Å². The summed E-state index contributed by atoms with van der Waals surface area (Å²) in [5.74, 6) is -1.08. The highest BCUT2D eigenvalue weighted by Gasteiger charge is 2.17. The number of carbonyl (C=O) groups is 2. The Bertz CT molecular complexity index is 524. The zero-order valence-corrected chi connectivity index (χ0v) is 11.3. The van der Waals surface area contributed by atoms with Gasteiger partial charge in [-0.1, -0.05) is 19.4 Å². The first kappa shape index (κ1) is 15.8. The number of nitrogens with zero attached hydrogens (tertiary/aromatic N) is 1. The van der Waals surface area contributed by atoms with Crippen molar-refractivity contribution in [3.63, 3.8) is 0 Å². The van der Waals surface area contributed by atoms with Gasteiger partial charge in [-0.05, 0) is 18.1 Å². The van der Waals surface area contributed by atoms with Crippen LogP contribution in [0.15, 0.2) is 18.2 Å². The van der Waals surface area contributed by atoms with Gasteiger partial charge in [0, 0.05) is 24.5 Å². The van der Waals surface area contributed by atoms with E-state index in [1.54, 1.807) is 0 Å². The molecule has 0 saturated heterocycles. The first-order valence-corrected chi connectivity index (χ1v) is 6.43. The lowest BCUT2D eigenvalue weighted by atomic mass is 10.00. The molecule has 1 aromatic rings. The minimum absolute atomic E-state index is 0.0240. The lowest BCUT2D eigenvalue weighted by Crippen LogP contribution is -2.07. The zero-order chi connectivity index (χ0) is 15.1. The minimum Gasteiger partial charge on any atom is -0.481 e. The van der Waals surface area contributed by atoms with Gasteiger partial charge in [0.15, 0.2) is 0 Å². The summed E-state index contributed by atoms with van der Waals surface area (Å²) in [5, 5.41) is 19.7. The van der Waals surface area contributed by atoms with E-state index in [0.717, 1.165) is 12.8 Å². The smallest absolute Gasteiger partial charge is 0.307 e. The van der Waals surface area contributed by atoms with Crippen molar-refractivity contribution in [1.82, 2.24) is 0 Å². The average molecular weight is 279 g/mol. The van der Waals surface area contributed by atoms with Gasteiger partial charge >= 0.3 is 5.97 Å². The van der Waals surface area contributed by atoms with E-state index in [1.165, 1.54) is 18.2 Å². The second kappa shape index (κ2) is 7.37. The summed E-state index contributed by atoms with van der Waals surface area (Å²) in [5.41, 5.74) is 0.611. The number of carbonyl (C=O) groups excluding carboxylic acids is 1. The largest absolute Gasteiger partial charge is 0.481 e. The Kier molecular flexibility index (Phi) is 5.83. The third-order valence-corrected chi connectivity index (χ3v) is 2.89. The summed E-state index contributed by atoms with van der Waals surface area (Å²) >= 11 is 0. The Morgan fingerprint density at radius 2 is 2.00 bits per heavy atom. The summed E-state index contributed by atoms with van der Waals surface area (Å²) in [4.78, 5) is 32.8. The molecule has 0 radical (unpaired) electrons. The van der Waals surface area contributed by atoms with Crippen molar-refractivity contribution in [2.75, 3.05) is 0 Å². The van der Waals surface area contributed by atoms with Crippen molar-refractivity contribution in [3.05, 3.63) is 39.4 Å². The number of ketones is 1. The fourth-order valence-electron chi connectivity index (χ4n) is 1.92. The Balaban J connectivity index is 2.96. The van der Waals surface area contributed by atoms with E-state index in [1.807, 2.05) is 6.92 Å². The lowest BCUT2D eigenvalue weighted by molar-refractivity contribution is -0.385. The zero-order valence-electron chi connectivity index (χ0n) is 11.3. The number of carboxylic acids is 1. The number of aliphatic carboxylic acids is 1. The van der Waals surface area contributed by atoms with E-state index in [0.29, 0.717) is 12.0 Å². The molecule has 108 valence electrons. The standard InChI is InChI=1S/C14H17NO5/c1-2-3-4-12(16)9-11-7-10(8-14(17)18)5-6-13(11)15(19)20/h5-7H,2-4,8-9H2,1H3,(H,17,18). The van der Waals surface area contributed by atoms with Gasteiger partial charge in [-0.3, -0.25) is 19.7 Å². The Morgan fingerprint density at radius 3 is 2.55 bits per heavy atom. The van der Waals surface area contributed by atoms with E-state index < -0.39 is 10.9 Å². The molecule has 0 saturated carbocycles. The Hall–Kier alpha value is -2.24. The van der Waals surface area contributed by atoms with Crippen LogP contribution in [0, 0.1) is 10.1 Å². The van der Waals surface area contributed by atoms with Crippen molar-refractivity contribution in [2.45, 2.75) is 39.0 Å². The average Bonchev–Trinajstić information content (AvgIpc) is 2.35. The van der Waals surface area contributed by atoms with Crippen molar-refractivity contribution in [1.29, 1.82) is 0 Å². The van der Waals surface area contributed by atoms with E-state index in [4.69, 9.17) is 5.11 Å². The van der Waals surface area contributed by atoms with Crippen LogP contribution >= 0.6 is 0 Å². The number of benzene rings is 1. The molecule has 6 heteroatoms. The van der Waals surface area contributed by atoms with Crippen molar-refractivity contribution >= 4 is 17.4 Å². The topological polar surface area (TPSA) is 97.5 Å². The summed E-state index contributed by atoms with van der Waals surface area (Å²) in [7, 11) is 0. The second-order valence-electron chi connectivity index (χ2n) is 4.61. The van der Waals surface area contributed by atoms with E-state index >= 15 is 0 Å². The maximum absolute atomic E-state index is 11.7. The van der Waals surface area contributed by atoms with Gasteiger partial charge in [0.2, 0.25) is 0 Å². The van der Waals surface area contributed by atoms with Gasteiger partial charge in [0.25, 0.3) is 5.69 Å². The predicted octanol–water partition coefficient (Wildman–Crippen LogP) is 2.52. The number of Topliss-reactive ketones (excluding diaryl/α,β-unsaturated/α-hetero) is 1. The number of nitro groups is 1.